The molecule has 62 heavy (non-hydrogen) atoms. The van der Waals surface area contributed by atoms with Gasteiger partial charge in [-0.2, -0.15) is 0 Å². The van der Waals surface area contributed by atoms with Crippen molar-refractivity contribution in [1.82, 2.24) is 0 Å². The summed E-state index contributed by atoms with van der Waals surface area (Å²) in [5, 5.41) is 50.2. The zero-order chi connectivity index (χ0) is 45.5. The Morgan fingerprint density at radius 1 is 0.516 bits per heavy atom. The van der Waals surface area contributed by atoms with Crippen molar-refractivity contribution in [2.45, 2.75) is 185 Å². The highest BCUT2D eigenvalue weighted by atomic mass is 31.2. The first-order valence-corrected chi connectivity index (χ1v) is 24.6. The van der Waals surface area contributed by atoms with Gasteiger partial charge in [-0.3, -0.25) is 13.8 Å². The molecule has 0 aromatic heterocycles. The number of allylic oxidation sites excluding steroid dienone is 16. The Bertz CT molecular complexity index is 1390. The molecule has 6 atom stereocenters. The van der Waals surface area contributed by atoms with Gasteiger partial charge in [-0.15, -0.1) is 0 Å². The lowest BCUT2D eigenvalue weighted by Crippen LogP contribution is -2.64. The quantitative estimate of drug-likeness (QED) is 0.0150. The van der Waals surface area contributed by atoms with Crippen molar-refractivity contribution in [1.29, 1.82) is 0 Å². The Labute approximate surface area is 373 Å². The summed E-state index contributed by atoms with van der Waals surface area (Å²) in [5.74, 6) is -0.509. The van der Waals surface area contributed by atoms with Gasteiger partial charge in [-0.1, -0.05) is 150 Å². The van der Waals surface area contributed by atoms with Crippen molar-refractivity contribution >= 4 is 13.8 Å². The number of unbranched alkanes of at least 4 members (excludes halogenated alkanes) is 9. The SMILES string of the molecule is CC/C=C\C/C=C\C/C=C\C/C=C\CCCCCCCCCCC(=O)OC(COCCC/C=C\C/C=C\C/C=C\C/C=C\CC)COP(=O)(O)OC1C(O)C(O)C(O)C(O)C1O. The third-order valence-electron chi connectivity index (χ3n) is 9.95. The van der Waals surface area contributed by atoms with Crippen molar-refractivity contribution in [3.05, 3.63) is 97.2 Å². The summed E-state index contributed by atoms with van der Waals surface area (Å²) >= 11 is 0. The van der Waals surface area contributed by atoms with Crippen LogP contribution in [0.3, 0.4) is 0 Å². The molecular formula is C49H81O12P. The standard InChI is InChI=1S/C49H81O12P/c1-3-5-7-9-11-13-15-17-19-20-21-22-23-24-25-26-28-30-32-34-36-38-43(50)60-42(40-58-39-37-35-33-31-29-27-18-16-14-12-10-8-6-4-2)41-59-62(56,57)61-49-47(54)45(52)44(51)46(53)48(49)55/h5-8,11-14,17-19,21-22,27,31,33,42,44-49,51-55H,3-4,9-10,15-16,20,23-26,28-30,32,34-41H2,1-2H3,(H,56,57)/b7-5-,8-6-,13-11-,14-12-,19-17-,22-21-,27-18-,33-31-. The van der Waals surface area contributed by atoms with Crippen molar-refractivity contribution in [2.24, 2.45) is 0 Å². The smallest absolute Gasteiger partial charge is 0.457 e. The number of ether oxygens (including phenoxy) is 2. The van der Waals surface area contributed by atoms with E-state index in [0.29, 0.717) is 19.4 Å². The number of aliphatic hydroxyl groups is 5. The first-order chi connectivity index (χ1) is 30.0. The molecule has 0 aromatic rings. The molecule has 6 unspecified atom stereocenters. The van der Waals surface area contributed by atoms with Crippen LogP contribution >= 0.6 is 7.82 Å². The fraction of sp³-hybridized carbons (Fsp3) is 0.653. The Balaban J connectivity index is 2.42. The van der Waals surface area contributed by atoms with Crippen LogP contribution in [0.15, 0.2) is 97.2 Å². The lowest BCUT2D eigenvalue weighted by molar-refractivity contribution is -0.220. The fourth-order valence-corrected chi connectivity index (χ4v) is 7.32. The van der Waals surface area contributed by atoms with E-state index in [1.54, 1.807) is 0 Å². The second-order valence-electron chi connectivity index (χ2n) is 15.5. The van der Waals surface area contributed by atoms with E-state index in [1.807, 2.05) is 0 Å². The minimum absolute atomic E-state index is 0.124. The maximum atomic E-state index is 12.8. The summed E-state index contributed by atoms with van der Waals surface area (Å²) in [7, 11) is -5.04. The highest BCUT2D eigenvalue weighted by molar-refractivity contribution is 7.47. The van der Waals surface area contributed by atoms with Gasteiger partial charge in [-0.25, -0.2) is 4.57 Å². The van der Waals surface area contributed by atoms with Crippen LogP contribution in [0.2, 0.25) is 0 Å². The number of carbonyl (C=O) groups excluding carboxylic acids is 1. The zero-order valence-electron chi connectivity index (χ0n) is 37.6. The first kappa shape index (κ1) is 57.3. The van der Waals surface area contributed by atoms with Crippen LogP contribution < -0.4 is 0 Å². The van der Waals surface area contributed by atoms with E-state index in [-0.39, 0.29) is 13.0 Å². The molecule has 13 heteroatoms. The largest absolute Gasteiger partial charge is 0.472 e. The maximum absolute atomic E-state index is 12.8. The molecule has 12 nitrogen and oxygen atoms in total. The summed E-state index contributed by atoms with van der Waals surface area (Å²) in [5.41, 5.74) is 0. The van der Waals surface area contributed by atoms with Crippen molar-refractivity contribution in [2.75, 3.05) is 19.8 Å². The highest BCUT2D eigenvalue weighted by Gasteiger charge is 2.51. The summed E-state index contributed by atoms with van der Waals surface area (Å²) < 4.78 is 34.1. The van der Waals surface area contributed by atoms with Crippen LogP contribution in [0, 0.1) is 0 Å². The van der Waals surface area contributed by atoms with Crippen LogP contribution in [0.4, 0.5) is 0 Å². The minimum atomic E-state index is -5.04. The predicted octanol–water partition coefficient (Wildman–Crippen LogP) is 9.53. The third kappa shape index (κ3) is 30.4. The summed E-state index contributed by atoms with van der Waals surface area (Å²) in [6.07, 6.45) is 40.6. The molecule has 0 heterocycles. The molecular weight excluding hydrogens is 812 g/mol. The molecule has 0 spiro atoms. The number of aliphatic hydroxyl groups excluding tert-OH is 5. The number of carbonyl (C=O) groups is 1. The lowest BCUT2D eigenvalue weighted by Gasteiger charge is -2.41. The minimum Gasteiger partial charge on any atom is -0.457 e. The molecule has 1 rings (SSSR count). The summed E-state index contributed by atoms with van der Waals surface area (Å²) in [4.78, 5) is 23.2. The van der Waals surface area contributed by atoms with Crippen molar-refractivity contribution < 1.29 is 58.3 Å². The monoisotopic (exact) mass is 893 g/mol. The van der Waals surface area contributed by atoms with Crippen LogP contribution in [-0.2, 0) is 27.9 Å². The molecule has 0 aromatic carbocycles. The third-order valence-corrected chi connectivity index (χ3v) is 10.9. The first-order valence-electron chi connectivity index (χ1n) is 23.1. The van der Waals surface area contributed by atoms with E-state index in [4.69, 9.17) is 18.5 Å². The molecule has 1 aliphatic carbocycles. The number of phosphoric acid groups is 1. The van der Waals surface area contributed by atoms with Gasteiger partial charge < -0.3 is 39.9 Å². The molecule has 0 bridgehead atoms. The average Bonchev–Trinajstić information content (AvgIpc) is 3.26. The Kier molecular flexibility index (Phi) is 35.7. The normalized spacial score (nSPS) is 22.9. The number of hydrogen-bond donors (Lipinski definition) is 6. The molecule has 0 saturated heterocycles. The molecule has 354 valence electrons. The highest BCUT2D eigenvalue weighted by Crippen LogP contribution is 2.47. The summed E-state index contributed by atoms with van der Waals surface area (Å²) in [6, 6.07) is 0. The van der Waals surface area contributed by atoms with Crippen LogP contribution in [0.25, 0.3) is 0 Å². The molecule has 0 amide bonds. The van der Waals surface area contributed by atoms with Crippen molar-refractivity contribution in [3.8, 4) is 0 Å². The van der Waals surface area contributed by atoms with E-state index >= 15 is 0 Å². The van der Waals surface area contributed by atoms with Crippen LogP contribution in [0.5, 0.6) is 0 Å². The zero-order valence-corrected chi connectivity index (χ0v) is 38.5. The Morgan fingerprint density at radius 3 is 1.37 bits per heavy atom. The second-order valence-corrected chi connectivity index (χ2v) is 16.9. The molecule has 1 aliphatic rings. The molecule has 1 saturated carbocycles. The van der Waals surface area contributed by atoms with E-state index in [0.717, 1.165) is 89.9 Å². The van der Waals surface area contributed by atoms with E-state index in [9.17, 15) is 39.8 Å². The number of hydrogen-bond acceptors (Lipinski definition) is 11. The van der Waals surface area contributed by atoms with E-state index in [2.05, 4.69) is 111 Å². The molecule has 0 aliphatic heterocycles. The predicted molar refractivity (Wildman–Crippen MR) is 248 cm³/mol. The number of rotatable bonds is 37. The van der Waals surface area contributed by atoms with E-state index in [1.165, 1.54) is 19.3 Å². The van der Waals surface area contributed by atoms with Gasteiger partial charge in [0.05, 0.1) is 13.2 Å². The van der Waals surface area contributed by atoms with E-state index < -0.39 is 63.1 Å². The molecule has 0 radical (unpaired) electrons. The Morgan fingerprint density at radius 2 is 0.903 bits per heavy atom. The second kappa shape index (κ2) is 38.7. The van der Waals surface area contributed by atoms with Crippen molar-refractivity contribution in [3.63, 3.8) is 0 Å². The van der Waals surface area contributed by atoms with Gasteiger partial charge in [0.25, 0.3) is 0 Å². The van der Waals surface area contributed by atoms with Gasteiger partial charge in [0, 0.05) is 13.0 Å². The van der Waals surface area contributed by atoms with Gasteiger partial charge in [0.1, 0.15) is 42.7 Å². The number of esters is 1. The van der Waals surface area contributed by atoms with Gasteiger partial charge in [0.15, 0.2) is 0 Å². The topological polar surface area (TPSA) is 192 Å². The summed E-state index contributed by atoms with van der Waals surface area (Å²) in [6.45, 7) is 3.86. The molecule has 1 fully saturated rings. The fourth-order valence-electron chi connectivity index (χ4n) is 6.35. The Hall–Kier alpha value is -2.74. The molecule has 6 N–H and O–H groups in total. The number of phosphoric ester groups is 1. The maximum Gasteiger partial charge on any atom is 0.472 e. The van der Waals surface area contributed by atoms with Crippen LogP contribution in [0.1, 0.15) is 142 Å². The van der Waals surface area contributed by atoms with Gasteiger partial charge >= 0.3 is 13.8 Å². The van der Waals surface area contributed by atoms with Gasteiger partial charge in [-0.05, 0) is 83.5 Å². The van der Waals surface area contributed by atoms with Crippen LogP contribution in [-0.4, -0.2) is 98.9 Å². The lowest BCUT2D eigenvalue weighted by atomic mass is 9.85. The average molecular weight is 893 g/mol. The van der Waals surface area contributed by atoms with Gasteiger partial charge in [0.2, 0.25) is 0 Å².